The molecule has 2 nitrogen and oxygen atoms in total. The van der Waals surface area contributed by atoms with Crippen molar-refractivity contribution < 1.29 is 0 Å². The number of rotatable bonds is 3. The van der Waals surface area contributed by atoms with Crippen LogP contribution < -0.4 is 5.32 Å². The fourth-order valence-electron chi connectivity index (χ4n) is 1.30. The van der Waals surface area contributed by atoms with Crippen LogP contribution in [0, 0.1) is 0 Å². The van der Waals surface area contributed by atoms with E-state index < -0.39 is 0 Å². The van der Waals surface area contributed by atoms with Crippen molar-refractivity contribution in [2.24, 2.45) is 0 Å². The van der Waals surface area contributed by atoms with Crippen molar-refractivity contribution in [2.45, 2.75) is 6.54 Å². The predicted molar refractivity (Wildman–Crippen MR) is 63.0 cm³/mol. The highest BCUT2D eigenvalue weighted by atomic mass is 35.5. The SMILES string of the molecule is Clc1ncccc1CNc1ccccc1. The Morgan fingerprint density at radius 2 is 1.87 bits per heavy atom. The summed E-state index contributed by atoms with van der Waals surface area (Å²) in [4.78, 5) is 4.02. The van der Waals surface area contributed by atoms with E-state index in [2.05, 4.69) is 10.3 Å². The van der Waals surface area contributed by atoms with Gasteiger partial charge in [-0.25, -0.2) is 4.98 Å². The molecule has 2 aromatic rings. The molecule has 0 aliphatic carbocycles. The molecule has 0 unspecified atom stereocenters. The molecular formula is C12H11ClN2. The van der Waals surface area contributed by atoms with Crippen LogP contribution in [-0.2, 0) is 6.54 Å². The first-order valence-electron chi connectivity index (χ1n) is 4.74. The number of para-hydroxylation sites is 1. The molecule has 0 saturated heterocycles. The number of pyridine rings is 1. The van der Waals surface area contributed by atoms with Crippen molar-refractivity contribution in [1.82, 2.24) is 4.98 Å². The molecule has 0 spiro atoms. The molecule has 0 saturated carbocycles. The molecule has 0 fully saturated rings. The van der Waals surface area contributed by atoms with Gasteiger partial charge in [-0.05, 0) is 18.2 Å². The number of benzene rings is 1. The fourth-order valence-corrected chi connectivity index (χ4v) is 1.49. The monoisotopic (exact) mass is 218 g/mol. The van der Waals surface area contributed by atoms with Crippen LogP contribution in [-0.4, -0.2) is 4.98 Å². The van der Waals surface area contributed by atoms with E-state index in [4.69, 9.17) is 11.6 Å². The lowest BCUT2D eigenvalue weighted by atomic mass is 10.2. The van der Waals surface area contributed by atoms with E-state index in [0.717, 1.165) is 11.3 Å². The molecule has 1 heterocycles. The Hall–Kier alpha value is -1.54. The molecule has 0 amide bonds. The van der Waals surface area contributed by atoms with Crippen LogP contribution in [0.4, 0.5) is 5.69 Å². The third-order valence-electron chi connectivity index (χ3n) is 2.09. The standard InChI is InChI=1S/C12H11ClN2/c13-12-10(5-4-8-14-12)9-15-11-6-2-1-3-7-11/h1-8,15H,9H2. The van der Waals surface area contributed by atoms with Gasteiger partial charge in [0, 0.05) is 24.0 Å². The van der Waals surface area contributed by atoms with Gasteiger partial charge in [-0.15, -0.1) is 0 Å². The first-order valence-corrected chi connectivity index (χ1v) is 5.12. The van der Waals surface area contributed by atoms with E-state index in [-0.39, 0.29) is 0 Å². The minimum absolute atomic E-state index is 0.556. The minimum atomic E-state index is 0.556. The van der Waals surface area contributed by atoms with E-state index in [1.807, 2.05) is 42.5 Å². The van der Waals surface area contributed by atoms with Crippen LogP contribution >= 0.6 is 11.6 Å². The van der Waals surface area contributed by atoms with Crippen LogP contribution in [0.15, 0.2) is 48.7 Å². The second kappa shape index (κ2) is 4.80. The number of hydrogen-bond acceptors (Lipinski definition) is 2. The lowest BCUT2D eigenvalue weighted by Gasteiger charge is -2.06. The Kier molecular flexibility index (Phi) is 3.20. The molecule has 2 rings (SSSR count). The van der Waals surface area contributed by atoms with Crippen molar-refractivity contribution in [3.05, 3.63) is 59.4 Å². The summed E-state index contributed by atoms with van der Waals surface area (Å²) in [5, 5.41) is 3.83. The largest absolute Gasteiger partial charge is 0.381 e. The zero-order valence-electron chi connectivity index (χ0n) is 8.15. The topological polar surface area (TPSA) is 24.9 Å². The van der Waals surface area contributed by atoms with Gasteiger partial charge in [0.15, 0.2) is 0 Å². The van der Waals surface area contributed by atoms with Crippen LogP contribution in [0.3, 0.4) is 0 Å². The summed E-state index contributed by atoms with van der Waals surface area (Å²) >= 11 is 5.94. The maximum absolute atomic E-state index is 5.94. The summed E-state index contributed by atoms with van der Waals surface area (Å²) in [7, 11) is 0. The average Bonchev–Trinajstić information content (AvgIpc) is 2.29. The molecule has 0 radical (unpaired) electrons. The van der Waals surface area contributed by atoms with Gasteiger partial charge < -0.3 is 5.32 Å². The molecule has 0 aliphatic rings. The van der Waals surface area contributed by atoms with Crippen LogP contribution in [0.1, 0.15) is 5.56 Å². The maximum Gasteiger partial charge on any atom is 0.133 e. The summed E-state index contributed by atoms with van der Waals surface area (Å²) in [6.07, 6.45) is 1.69. The molecule has 1 N–H and O–H groups in total. The Morgan fingerprint density at radius 3 is 2.60 bits per heavy atom. The molecule has 1 aromatic heterocycles. The van der Waals surface area contributed by atoms with Gasteiger partial charge >= 0.3 is 0 Å². The van der Waals surface area contributed by atoms with Gasteiger partial charge in [-0.1, -0.05) is 35.9 Å². The van der Waals surface area contributed by atoms with Gasteiger partial charge in [0.2, 0.25) is 0 Å². The number of nitrogens with zero attached hydrogens (tertiary/aromatic N) is 1. The van der Waals surface area contributed by atoms with Gasteiger partial charge in [0.25, 0.3) is 0 Å². The Bertz CT molecular complexity index is 429. The molecule has 0 aliphatic heterocycles. The molecule has 1 aromatic carbocycles. The normalized spacial score (nSPS) is 9.93. The van der Waals surface area contributed by atoms with Gasteiger partial charge in [-0.3, -0.25) is 0 Å². The molecule has 76 valence electrons. The Morgan fingerprint density at radius 1 is 1.07 bits per heavy atom. The summed E-state index contributed by atoms with van der Waals surface area (Å²) in [5.74, 6) is 0. The van der Waals surface area contributed by atoms with Gasteiger partial charge in [0.05, 0.1) is 0 Å². The van der Waals surface area contributed by atoms with Crippen LogP contribution in [0.25, 0.3) is 0 Å². The van der Waals surface area contributed by atoms with Gasteiger partial charge in [0.1, 0.15) is 5.15 Å². The summed E-state index contributed by atoms with van der Waals surface area (Å²) in [5.41, 5.74) is 2.08. The highest BCUT2D eigenvalue weighted by Gasteiger charge is 1.99. The van der Waals surface area contributed by atoms with Crippen molar-refractivity contribution in [3.63, 3.8) is 0 Å². The lowest BCUT2D eigenvalue weighted by molar-refractivity contribution is 1.11. The summed E-state index contributed by atoms with van der Waals surface area (Å²) in [6.45, 7) is 0.691. The second-order valence-electron chi connectivity index (χ2n) is 3.17. The quantitative estimate of drug-likeness (QED) is 0.800. The highest BCUT2D eigenvalue weighted by Crippen LogP contribution is 2.14. The average molecular weight is 219 g/mol. The third kappa shape index (κ3) is 2.70. The van der Waals surface area contributed by atoms with E-state index >= 15 is 0 Å². The van der Waals surface area contributed by atoms with Crippen molar-refractivity contribution in [3.8, 4) is 0 Å². The Balaban J connectivity index is 2.03. The zero-order valence-corrected chi connectivity index (χ0v) is 8.91. The number of hydrogen-bond donors (Lipinski definition) is 1. The van der Waals surface area contributed by atoms with E-state index in [1.165, 1.54) is 0 Å². The molecular weight excluding hydrogens is 208 g/mol. The van der Waals surface area contributed by atoms with Crippen LogP contribution in [0.2, 0.25) is 5.15 Å². The maximum atomic E-state index is 5.94. The fraction of sp³-hybridized carbons (Fsp3) is 0.0833. The smallest absolute Gasteiger partial charge is 0.133 e. The van der Waals surface area contributed by atoms with E-state index in [9.17, 15) is 0 Å². The first-order chi connectivity index (χ1) is 7.36. The number of halogens is 1. The minimum Gasteiger partial charge on any atom is -0.381 e. The number of aromatic nitrogens is 1. The molecule has 3 heteroatoms. The highest BCUT2D eigenvalue weighted by molar-refractivity contribution is 6.30. The van der Waals surface area contributed by atoms with Gasteiger partial charge in [-0.2, -0.15) is 0 Å². The zero-order chi connectivity index (χ0) is 10.5. The summed E-state index contributed by atoms with van der Waals surface area (Å²) in [6, 6.07) is 13.9. The number of nitrogens with one attached hydrogen (secondary N) is 1. The lowest BCUT2D eigenvalue weighted by Crippen LogP contribution is -2.00. The third-order valence-corrected chi connectivity index (χ3v) is 2.43. The second-order valence-corrected chi connectivity index (χ2v) is 3.53. The first kappa shape index (κ1) is 9.99. The Labute approximate surface area is 93.9 Å². The van der Waals surface area contributed by atoms with Crippen molar-refractivity contribution in [2.75, 3.05) is 5.32 Å². The molecule has 0 bridgehead atoms. The molecule has 15 heavy (non-hydrogen) atoms. The number of anilines is 1. The molecule has 0 atom stereocenters. The van der Waals surface area contributed by atoms with E-state index in [0.29, 0.717) is 11.7 Å². The van der Waals surface area contributed by atoms with Crippen molar-refractivity contribution >= 4 is 17.3 Å². The summed E-state index contributed by atoms with van der Waals surface area (Å²) < 4.78 is 0. The van der Waals surface area contributed by atoms with E-state index in [1.54, 1.807) is 6.20 Å². The van der Waals surface area contributed by atoms with Crippen molar-refractivity contribution in [1.29, 1.82) is 0 Å². The van der Waals surface area contributed by atoms with Crippen LogP contribution in [0.5, 0.6) is 0 Å². The predicted octanol–water partition coefficient (Wildman–Crippen LogP) is 3.35.